The van der Waals surface area contributed by atoms with Crippen molar-refractivity contribution < 1.29 is 4.74 Å². The molecular weight excluding hydrogens is 196 g/mol. The van der Waals surface area contributed by atoms with Gasteiger partial charge in [-0.1, -0.05) is 32.9 Å². The lowest BCUT2D eigenvalue weighted by Gasteiger charge is -2.19. The second kappa shape index (κ2) is 4.48. The molecule has 0 N–H and O–H groups in total. The molecule has 1 aliphatic carbocycles. The minimum Gasteiger partial charge on any atom is -0.482 e. The van der Waals surface area contributed by atoms with Gasteiger partial charge in [0.25, 0.3) is 0 Å². The van der Waals surface area contributed by atoms with Gasteiger partial charge < -0.3 is 4.74 Å². The average Bonchev–Trinajstić information content (AvgIpc) is 2.70. The largest absolute Gasteiger partial charge is 0.482 e. The van der Waals surface area contributed by atoms with Crippen molar-refractivity contribution in [2.75, 3.05) is 0 Å². The van der Waals surface area contributed by atoms with Crippen LogP contribution in [0.2, 0.25) is 0 Å². The van der Waals surface area contributed by atoms with Crippen LogP contribution in [0.15, 0.2) is 24.3 Å². The molecule has 1 fully saturated rings. The van der Waals surface area contributed by atoms with Crippen LogP contribution < -0.4 is 4.74 Å². The van der Waals surface area contributed by atoms with E-state index in [-0.39, 0.29) is 5.41 Å². The van der Waals surface area contributed by atoms with E-state index >= 15 is 0 Å². The molecule has 1 nitrogen and oxygen atoms in total. The first-order chi connectivity index (χ1) is 7.55. The van der Waals surface area contributed by atoms with Gasteiger partial charge in [-0.2, -0.15) is 0 Å². The Bertz CT molecular complexity index is 325. The first kappa shape index (κ1) is 11.5. The van der Waals surface area contributed by atoms with E-state index in [1.165, 1.54) is 5.56 Å². The summed E-state index contributed by atoms with van der Waals surface area (Å²) in [7, 11) is 0. The van der Waals surface area contributed by atoms with Crippen LogP contribution in [0, 0.1) is 31.8 Å². The minimum atomic E-state index is 0.193. The number of hydrogen-bond acceptors (Lipinski definition) is 1. The summed E-state index contributed by atoms with van der Waals surface area (Å²) < 4.78 is 5.69. The zero-order valence-electron chi connectivity index (χ0n) is 10.0. The summed E-state index contributed by atoms with van der Waals surface area (Å²) in [6.45, 7) is 6.63. The molecule has 0 aromatic heterocycles. The summed E-state index contributed by atoms with van der Waals surface area (Å²) in [5, 5.41) is 0. The number of rotatable bonds is 2. The molecule has 0 spiro atoms. The Kier molecular flexibility index (Phi) is 3.22. The fourth-order valence-corrected chi connectivity index (χ4v) is 1.58. The summed E-state index contributed by atoms with van der Waals surface area (Å²) in [5.74, 6) is 0.888. The van der Waals surface area contributed by atoms with Crippen LogP contribution in [0.25, 0.3) is 0 Å². The molecule has 16 heavy (non-hydrogen) atoms. The fraction of sp³-hybridized carbons (Fsp3) is 0.267. The Hall–Kier alpha value is -0.980. The Morgan fingerprint density at radius 3 is 1.94 bits per heavy atom. The zero-order valence-corrected chi connectivity index (χ0v) is 10.0. The number of benzene rings is 1. The zero-order chi connectivity index (χ0) is 11.6. The van der Waals surface area contributed by atoms with E-state index in [9.17, 15) is 0 Å². The second-order valence-corrected chi connectivity index (χ2v) is 5.00. The summed E-state index contributed by atoms with van der Waals surface area (Å²) >= 11 is 0. The lowest BCUT2D eigenvalue weighted by Crippen LogP contribution is -2.10. The molecule has 0 saturated heterocycles. The van der Waals surface area contributed by atoms with Gasteiger partial charge in [-0.25, -0.2) is 0 Å². The first-order valence-electron chi connectivity index (χ1n) is 5.56. The first-order valence-corrected chi connectivity index (χ1v) is 5.56. The molecule has 0 atom stereocenters. The molecule has 1 saturated carbocycles. The third kappa shape index (κ3) is 2.78. The van der Waals surface area contributed by atoms with Gasteiger partial charge in [0.05, 0.1) is 0 Å². The highest BCUT2D eigenvalue weighted by molar-refractivity contribution is 5.37. The molecule has 0 unspecified atom stereocenters. The Morgan fingerprint density at radius 2 is 1.44 bits per heavy atom. The highest BCUT2D eigenvalue weighted by atomic mass is 16.5. The van der Waals surface area contributed by atoms with Gasteiger partial charge in [-0.05, 0) is 36.0 Å². The molecule has 1 aromatic carbocycles. The van der Waals surface area contributed by atoms with Crippen molar-refractivity contribution in [1.29, 1.82) is 0 Å². The van der Waals surface area contributed by atoms with Crippen molar-refractivity contribution in [3.63, 3.8) is 0 Å². The molecule has 1 aliphatic rings. The third-order valence-electron chi connectivity index (χ3n) is 2.59. The maximum atomic E-state index is 5.69. The second-order valence-electron chi connectivity index (χ2n) is 5.00. The molecule has 0 bridgehead atoms. The van der Waals surface area contributed by atoms with Crippen molar-refractivity contribution in [1.82, 2.24) is 0 Å². The average molecular weight is 213 g/mol. The van der Waals surface area contributed by atoms with Crippen molar-refractivity contribution in [3.8, 4) is 5.75 Å². The van der Waals surface area contributed by atoms with E-state index in [1.807, 2.05) is 37.8 Å². The standard InChI is InChI=1S/C15H17O/c1-15(2,3)12-8-10-14(11-9-12)16-13-6-4-5-7-13/h4-11H,1-3H3. The summed E-state index contributed by atoms with van der Waals surface area (Å²) in [5.41, 5.74) is 1.51. The molecule has 2 rings (SSSR count). The maximum Gasteiger partial charge on any atom is 0.156 e. The highest BCUT2D eigenvalue weighted by Crippen LogP contribution is 2.29. The van der Waals surface area contributed by atoms with Crippen LogP contribution in [0.5, 0.6) is 5.75 Å². The van der Waals surface area contributed by atoms with E-state index in [2.05, 4.69) is 32.9 Å². The van der Waals surface area contributed by atoms with Gasteiger partial charge >= 0.3 is 0 Å². The molecule has 1 aromatic rings. The van der Waals surface area contributed by atoms with Gasteiger partial charge in [0.2, 0.25) is 0 Å². The molecule has 0 heterocycles. The molecule has 0 aliphatic heterocycles. The fourth-order valence-electron chi connectivity index (χ4n) is 1.58. The van der Waals surface area contributed by atoms with Crippen LogP contribution in [0.3, 0.4) is 0 Å². The molecule has 0 amide bonds. The predicted molar refractivity (Wildman–Crippen MR) is 66.2 cm³/mol. The minimum absolute atomic E-state index is 0.193. The Labute approximate surface area is 98.8 Å². The Morgan fingerprint density at radius 1 is 0.875 bits per heavy atom. The van der Waals surface area contributed by atoms with Crippen molar-refractivity contribution in [2.45, 2.75) is 26.2 Å². The van der Waals surface area contributed by atoms with Gasteiger partial charge in [0.15, 0.2) is 6.10 Å². The third-order valence-corrected chi connectivity index (χ3v) is 2.59. The van der Waals surface area contributed by atoms with Crippen LogP contribution in [0.4, 0.5) is 0 Å². The van der Waals surface area contributed by atoms with Crippen molar-refractivity contribution in [3.05, 3.63) is 61.6 Å². The van der Waals surface area contributed by atoms with E-state index in [0.717, 1.165) is 11.9 Å². The highest BCUT2D eigenvalue weighted by Gasteiger charge is 2.19. The lowest BCUT2D eigenvalue weighted by molar-refractivity contribution is 0.373. The van der Waals surface area contributed by atoms with Gasteiger partial charge in [0, 0.05) is 12.8 Å². The molecule has 1 heteroatoms. The normalized spacial score (nSPS) is 17.7. The monoisotopic (exact) mass is 213 g/mol. The lowest BCUT2D eigenvalue weighted by atomic mass is 9.87. The summed E-state index contributed by atoms with van der Waals surface area (Å²) in [4.78, 5) is 0. The van der Waals surface area contributed by atoms with Crippen LogP contribution in [0.1, 0.15) is 26.3 Å². The van der Waals surface area contributed by atoms with Gasteiger partial charge in [0.1, 0.15) is 5.75 Å². The maximum absolute atomic E-state index is 5.69. The number of ether oxygens (including phenoxy) is 1. The van der Waals surface area contributed by atoms with Crippen LogP contribution in [-0.2, 0) is 5.41 Å². The summed E-state index contributed by atoms with van der Waals surface area (Å²) in [6, 6.07) is 8.29. The molecular formula is C15H17O. The van der Waals surface area contributed by atoms with E-state index < -0.39 is 0 Å². The topological polar surface area (TPSA) is 9.23 Å². The summed E-state index contributed by atoms with van der Waals surface area (Å²) in [6.07, 6.45) is 8.75. The molecule has 83 valence electrons. The Balaban J connectivity index is 2.01. The van der Waals surface area contributed by atoms with Crippen molar-refractivity contribution in [2.24, 2.45) is 0 Å². The van der Waals surface area contributed by atoms with E-state index in [0.29, 0.717) is 0 Å². The molecule has 5 radical (unpaired) electrons. The van der Waals surface area contributed by atoms with Crippen LogP contribution in [-0.4, -0.2) is 0 Å². The van der Waals surface area contributed by atoms with E-state index in [4.69, 9.17) is 4.74 Å². The number of hydrogen-bond donors (Lipinski definition) is 0. The SMILES string of the molecule is CC(C)(C)c1ccc(O[C]2[CH][CH][CH][CH]2)cc1. The van der Waals surface area contributed by atoms with Gasteiger partial charge in [-0.3, -0.25) is 0 Å². The van der Waals surface area contributed by atoms with Gasteiger partial charge in [-0.15, -0.1) is 0 Å². The quantitative estimate of drug-likeness (QED) is 0.727. The predicted octanol–water partition coefficient (Wildman–Crippen LogP) is 3.73. The smallest absolute Gasteiger partial charge is 0.156 e. The van der Waals surface area contributed by atoms with Crippen LogP contribution >= 0.6 is 0 Å². The van der Waals surface area contributed by atoms with E-state index in [1.54, 1.807) is 0 Å². The van der Waals surface area contributed by atoms with Crippen molar-refractivity contribution >= 4 is 0 Å².